The zero-order chi connectivity index (χ0) is 10.1. The molecule has 0 aromatic carbocycles. The number of aromatic nitrogens is 2. The minimum absolute atomic E-state index is 0.243. The zero-order valence-electron chi connectivity index (χ0n) is 8.56. The predicted molar refractivity (Wildman–Crippen MR) is 57.6 cm³/mol. The van der Waals surface area contributed by atoms with Crippen molar-refractivity contribution in [1.82, 2.24) is 9.97 Å². The van der Waals surface area contributed by atoms with E-state index in [9.17, 15) is 0 Å². The Balaban J connectivity index is 2.90. The first-order chi connectivity index (χ1) is 5.87. The van der Waals surface area contributed by atoms with Crippen LogP contribution in [-0.2, 0) is 6.42 Å². The summed E-state index contributed by atoms with van der Waals surface area (Å²) in [5.74, 6) is 0.916. The maximum atomic E-state index is 4.38. The van der Waals surface area contributed by atoms with Crippen molar-refractivity contribution >= 4 is 15.9 Å². The van der Waals surface area contributed by atoms with Crippen LogP contribution >= 0.6 is 15.9 Å². The van der Waals surface area contributed by atoms with E-state index in [2.05, 4.69) is 46.7 Å². The second-order valence-electron chi connectivity index (χ2n) is 4.49. The van der Waals surface area contributed by atoms with Crippen molar-refractivity contribution in [3.8, 4) is 0 Å². The summed E-state index contributed by atoms with van der Waals surface area (Å²) >= 11 is 3.37. The summed E-state index contributed by atoms with van der Waals surface area (Å²) in [6, 6.07) is 1.92. The first-order valence-electron chi connectivity index (χ1n) is 4.37. The van der Waals surface area contributed by atoms with Crippen LogP contribution in [0.5, 0.6) is 0 Å². The van der Waals surface area contributed by atoms with Crippen LogP contribution in [0, 0.1) is 12.3 Å². The number of hydrogen-bond donors (Lipinski definition) is 0. The van der Waals surface area contributed by atoms with Gasteiger partial charge in [0.1, 0.15) is 10.4 Å². The van der Waals surface area contributed by atoms with E-state index >= 15 is 0 Å². The molecule has 0 fully saturated rings. The third-order valence-corrected chi connectivity index (χ3v) is 1.96. The normalized spacial score (nSPS) is 11.8. The van der Waals surface area contributed by atoms with Gasteiger partial charge in [-0.3, -0.25) is 0 Å². The largest absolute Gasteiger partial charge is 0.238 e. The molecule has 0 saturated heterocycles. The Labute approximate surface area is 87.9 Å². The van der Waals surface area contributed by atoms with E-state index in [0.29, 0.717) is 0 Å². The van der Waals surface area contributed by atoms with E-state index < -0.39 is 0 Å². The summed E-state index contributed by atoms with van der Waals surface area (Å²) in [6.07, 6.45) is 0.910. The van der Waals surface area contributed by atoms with Crippen LogP contribution in [0.2, 0.25) is 0 Å². The molecule has 0 N–H and O–H groups in total. The highest BCUT2D eigenvalue weighted by Crippen LogP contribution is 2.19. The summed E-state index contributed by atoms with van der Waals surface area (Å²) in [5.41, 5.74) is 1.26. The molecular weight excluding hydrogens is 228 g/mol. The van der Waals surface area contributed by atoms with Gasteiger partial charge in [-0.15, -0.1) is 0 Å². The van der Waals surface area contributed by atoms with Gasteiger partial charge in [-0.1, -0.05) is 20.8 Å². The lowest BCUT2D eigenvalue weighted by Crippen LogP contribution is -2.12. The molecule has 0 radical (unpaired) electrons. The van der Waals surface area contributed by atoms with Gasteiger partial charge >= 0.3 is 0 Å². The molecule has 0 unspecified atom stereocenters. The van der Waals surface area contributed by atoms with Gasteiger partial charge < -0.3 is 0 Å². The van der Waals surface area contributed by atoms with Crippen molar-refractivity contribution in [1.29, 1.82) is 0 Å². The van der Waals surface area contributed by atoms with Crippen LogP contribution in [0.25, 0.3) is 0 Å². The molecule has 1 aromatic rings. The van der Waals surface area contributed by atoms with Gasteiger partial charge in [0.25, 0.3) is 0 Å². The average molecular weight is 243 g/mol. The van der Waals surface area contributed by atoms with E-state index in [4.69, 9.17) is 0 Å². The van der Waals surface area contributed by atoms with Crippen molar-refractivity contribution in [3.63, 3.8) is 0 Å². The molecule has 2 nitrogen and oxygen atoms in total. The number of aryl methyl sites for hydroxylation is 1. The van der Waals surface area contributed by atoms with Gasteiger partial charge in [0.05, 0.1) is 0 Å². The first-order valence-corrected chi connectivity index (χ1v) is 5.16. The Morgan fingerprint density at radius 1 is 1.31 bits per heavy atom. The van der Waals surface area contributed by atoms with Crippen LogP contribution in [-0.4, -0.2) is 9.97 Å². The van der Waals surface area contributed by atoms with Crippen molar-refractivity contribution in [2.24, 2.45) is 5.41 Å². The van der Waals surface area contributed by atoms with Gasteiger partial charge in [-0.2, -0.15) is 0 Å². The molecule has 0 saturated carbocycles. The third-order valence-electron chi connectivity index (χ3n) is 1.56. The Morgan fingerprint density at radius 2 is 1.92 bits per heavy atom. The maximum Gasteiger partial charge on any atom is 0.130 e. The monoisotopic (exact) mass is 242 g/mol. The van der Waals surface area contributed by atoms with Crippen LogP contribution in [0.3, 0.4) is 0 Å². The minimum Gasteiger partial charge on any atom is -0.238 e. The minimum atomic E-state index is 0.243. The van der Waals surface area contributed by atoms with Crippen LogP contribution in [0.1, 0.15) is 32.3 Å². The Kier molecular flexibility index (Phi) is 3.06. The lowest BCUT2D eigenvalue weighted by Gasteiger charge is -2.16. The fraction of sp³-hybridized carbons (Fsp3) is 0.600. The summed E-state index contributed by atoms with van der Waals surface area (Å²) < 4.78 is 0.874. The Hall–Kier alpha value is -0.440. The van der Waals surface area contributed by atoms with Gasteiger partial charge in [-0.25, -0.2) is 9.97 Å². The molecule has 0 aliphatic rings. The van der Waals surface area contributed by atoms with Crippen molar-refractivity contribution in [2.45, 2.75) is 34.1 Å². The second kappa shape index (κ2) is 3.74. The van der Waals surface area contributed by atoms with E-state index in [1.807, 2.05) is 13.0 Å². The maximum absolute atomic E-state index is 4.38. The van der Waals surface area contributed by atoms with Crippen LogP contribution < -0.4 is 0 Å². The molecule has 1 aromatic heterocycles. The Morgan fingerprint density at radius 3 is 2.38 bits per heavy atom. The molecule has 1 heterocycles. The lowest BCUT2D eigenvalue weighted by atomic mass is 9.92. The summed E-state index contributed by atoms with van der Waals surface area (Å²) in [5, 5.41) is 0. The third kappa shape index (κ3) is 3.85. The zero-order valence-corrected chi connectivity index (χ0v) is 10.1. The molecule has 13 heavy (non-hydrogen) atoms. The number of halogens is 1. The highest BCUT2D eigenvalue weighted by Gasteiger charge is 2.13. The van der Waals surface area contributed by atoms with Crippen LogP contribution in [0.15, 0.2) is 10.7 Å². The molecule has 3 heteroatoms. The van der Waals surface area contributed by atoms with E-state index in [0.717, 1.165) is 22.5 Å². The summed E-state index contributed by atoms with van der Waals surface area (Å²) in [7, 11) is 0. The van der Waals surface area contributed by atoms with Crippen molar-refractivity contribution in [3.05, 3.63) is 22.2 Å². The number of rotatable bonds is 1. The van der Waals surface area contributed by atoms with E-state index in [1.165, 1.54) is 0 Å². The highest BCUT2D eigenvalue weighted by molar-refractivity contribution is 9.10. The molecule has 0 aliphatic heterocycles. The quantitative estimate of drug-likeness (QED) is 0.708. The molecule has 72 valence electrons. The first kappa shape index (κ1) is 10.6. The lowest BCUT2D eigenvalue weighted by molar-refractivity contribution is 0.400. The number of nitrogens with zero attached hydrogens (tertiary/aromatic N) is 2. The molecule has 0 amide bonds. The molecular formula is C10H15BrN2. The second-order valence-corrected chi connectivity index (χ2v) is 5.30. The average Bonchev–Trinajstić information content (AvgIpc) is 1.78. The van der Waals surface area contributed by atoms with E-state index in [1.54, 1.807) is 0 Å². The fourth-order valence-corrected chi connectivity index (χ4v) is 1.68. The Bertz CT molecular complexity index is 282. The van der Waals surface area contributed by atoms with Gasteiger partial charge in [0.15, 0.2) is 0 Å². The fourth-order valence-electron chi connectivity index (χ4n) is 1.14. The molecule has 1 rings (SSSR count). The van der Waals surface area contributed by atoms with Crippen molar-refractivity contribution in [2.75, 3.05) is 0 Å². The molecule has 0 atom stereocenters. The van der Waals surface area contributed by atoms with Crippen LogP contribution in [0.4, 0.5) is 0 Å². The summed E-state index contributed by atoms with van der Waals surface area (Å²) in [4.78, 5) is 8.70. The predicted octanol–water partition coefficient (Wildman–Crippen LogP) is 3.14. The molecule has 0 aliphatic carbocycles. The standard InChI is InChI=1S/C10H15BrN2/c1-7-5-8(11)13-9(12-7)6-10(2,3)4/h5H,6H2,1-4H3. The molecule has 0 bridgehead atoms. The van der Waals surface area contributed by atoms with Crippen molar-refractivity contribution < 1.29 is 0 Å². The number of hydrogen-bond acceptors (Lipinski definition) is 2. The van der Waals surface area contributed by atoms with Gasteiger partial charge in [0, 0.05) is 12.1 Å². The van der Waals surface area contributed by atoms with Gasteiger partial charge in [-0.05, 0) is 34.3 Å². The SMILES string of the molecule is Cc1cc(Br)nc(CC(C)(C)C)n1. The smallest absolute Gasteiger partial charge is 0.130 e. The summed E-state index contributed by atoms with van der Waals surface area (Å²) in [6.45, 7) is 8.55. The van der Waals surface area contributed by atoms with Gasteiger partial charge in [0.2, 0.25) is 0 Å². The van der Waals surface area contributed by atoms with E-state index in [-0.39, 0.29) is 5.41 Å². The topological polar surface area (TPSA) is 25.8 Å². The highest BCUT2D eigenvalue weighted by atomic mass is 79.9. The molecule has 0 spiro atoms.